The van der Waals surface area contributed by atoms with Crippen LogP contribution in [0.25, 0.3) is 0 Å². The van der Waals surface area contributed by atoms with Crippen molar-refractivity contribution in [2.24, 2.45) is 4.40 Å². The lowest BCUT2D eigenvalue weighted by molar-refractivity contribution is 0.0932. The Kier molecular flexibility index (Phi) is 4.85. The summed E-state index contributed by atoms with van der Waals surface area (Å²) in [6, 6.07) is 13.1. The van der Waals surface area contributed by atoms with Gasteiger partial charge in [-0.2, -0.15) is 8.42 Å². The lowest BCUT2D eigenvalue weighted by atomic mass is 9.87. The molecule has 1 atom stereocenters. The predicted octanol–water partition coefficient (Wildman–Crippen LogP) is 3.98. The molecule has 1 fully saturated rings. The summed E-state index contributed by atoms with van der Waals surface area (Å²) in [5.41, 5.74) is 3.42. The number of fused-ring (bicyclic) bond motifs is 4. The van der Waals surface area contributed by atoms with Gasteiger partial charge in [-0.15, -0.1) is 4.40 Å². The molecule has 0 bridgehead atoms. The highest BCUT2D eigenvalue weighted by Gasteiger charge is 2.32. The van der Waals surface area contributed by atoms with Crippen molar-refractivity contribution in [2.45, 2.75) is 55.9 Å². The number of anilines is 1. The summed E-state index contributed by atoms with van der Waals surface area (Å²) >= 11 is 0. The highest BCUT2D eigenvalue weighted by atomic mass is 32.2. The van der Waals surface area contributed by atoms with E-state index in [1.54, 1.807) is 12.1 Å². The van der Waals surface area contributed by atoms with Crippen LogP contribution in [0.4, 0.5) is 5.69 Å². The molecule has 7 heteroatoms. The standard InChI is InChI=1S/C23H25N3O3S/c27-23(24-19-10-6-8-16-7-3-4-9-18(16)19)17-12-13-20-21(15-17)30(28,29)25-22-11-2-1-5-14-26(20)22/h3-4,7,9,12-13,15,19H,1-2,5-6,8,10-11,14H2,(H,24,27)/t19-/m1/s1. The van der Waals surface area contributed by atoms with E-state index in [4.69, 9.17) is 0 Å². The minimum atomic E-state index is -3.80. The van der Waals surface area contributed by atoms with Gasteiger partial charge in [-0.25, -0.2) is 0 Å². The van der Waals surface area contributed by atoms with Gasteiger partial charge in [0.15, 0.2) is 0 Å². The number of carbonyl (C=O) groups is 1. The molecule has 5 rings (SSSR count). The summed E-state index contributed by atoms with van der Waals surface area (Å²) in [4.78, 5) is 15.1. The number of carbonyl (C=O) groups excluding carboxylic acids is 1. The minimum absolute atomic E-state index is 0.0506. The topological polar surface area (TPSA) is 78.8 Å². The molecule has 2 aromatic carbocycles. The Balaban J connectivity index is 1.45. The molecule has 2 aromatic rings. The molecule has 30 heavy (non-hydrogen) atoms. The summed E-state index contributed by atoms with van der Waals surface area (Å²) < 4.78 is 29.7. The maximum absolute atomic E-state index is 13.0. The normalized spacial score (nSPS) is 22.1. The first-order valence-electron chi connectivity index (χ1n) is 10.7. The molecular formula is C23H25N3O3S. The number of hydrogen-bond donors (Lipinski definition) is 1. The summed E-state index contributed by atoms with van der Waals surface area (Å²) in [7, 11) is -3.80. The van der Waals surface area contributed by atoms with E-state index in [0.717, 1.165) is 50.6 Å². The van der Waals surface area contributed by atoms with Crippen LogP contribution in [0.15, 0.2) is 51.8 Å². The largest absolute Gasteiger partial charge is 0.345 e. The first kappa shape index (κ1) is 19.3. The van der Waals surface area contributed by atoms with E-state index in [2.05, 4.69) is 21.8 Å². The summed E-state index contributed by atoms with van der Waals surface area (Å²) in [6.07, 6.45) is 6.61. The molecule has 2 aliphatic heterocycles. The van der Waals surface area contributed by atoms with E-state index in [9.17, 15) is 13.2 Å². The number of benzene rings is 2. The second kappa shape index (κ2) is 7.54. The van der Waals surface area contributed by atoms with Crippen molar-refractivity contribution in [2.75, 3.05) is 11.4 Å². The Morgan fingerprint density at radius 2 is 1.90 bits per heavy atom. The Morgan fingerprint density at radius 3 is 2.80 bits per heavy atom. The average Bonchev–Trinajstić information content (AvgIpc) is 2.98. The SMILES string of the molecule is O=C(N[C@@H]1CCCc2ccccc21)c1ccc2c(c1)S(=O)(=O)N=C1CCCCCN12. The third kappa shape index (κ3) is 3.41. The molecule has 0 unspecified atom stereocenters. The first-order chi connectivity index (χ1) is 14.5. The maximum Gasteiger partial charge on any atom is 0.286 e. The molecular weight excluding hydrogens is 398 g/mol. The number of aryl methyl sites for hydroxylation is 1. The zero-order chi connectivity index (χ0) is 20.7. The lowest BCUT2D eigenvalue weighted by Gasteiger charge is -2.30. The Morgan fingerprint density at radius 1 is 1.03 bits per heavy atom. The van der Waals surface area contributed by atoms with Crippen LogP contribution in [0.1, 0.15) is 66.1 Å². The van der Waals surface area contributed by atoms with Crippen molar-refractivity contribution in [3.8, 4) is 0 Å². The number of rotatable bonds is 2. The van der Waals surface area contributed by atoms with E-state index in [1.165, 1.54) is 11.6 Å². The van der Waals surface area contributed by atoms with E-state index in [-0.39, 0.29) is 16.8 Å². The Hall–Kier alpha value is -2.67. The van der Waals surface area contributed by atoms with Gasteiger partial charge >= 0.3 is 0 Å². The van der Waals surface area contributed by atoms with Crippen LogP contribution in [-0.2, 0) is 16.4 Å². The molecule has 0 radical (unpaired) electrons. The summed E-state index contributed by atoms with van der Waals surface area (Å²) in [6.45, 7) is 0.756. The average molecular weight is 424 g/mol. The second-order valence-electron chi connectivity index (χ2n) is 8.24. The predicted molar refractivity (Wildman–Crippen MR) is 116 cm³/mol. The van der Waals surface area contributed by atoms with Gasteiger partial charge in [0.05, 0.1) is 11.7 Å². The molecule has 0 spiro atoms. The fourth-order valence-electron chi connectivity index (χ4n) is 4.77. The van der Waals surface area contributed by atoms with Gasteiger partial charge in [0.1, 0.15) is 10.7 Å². The molecule has 6 nitrogen and oxygen atoms in total. The quantitative estimate of drug-likeness (QED) is 0.793. The highest BCUT2D eigenvalue weighted by molar-refractivity contribution is 7.90. The fraction of sp³-hybridized carbons (Fsp3) is 0.391. The van der Waals surface area contributed by atoms with Crippen molar-refractivity contribution < 1.29 is 13.2 Å². The number of hydrogen-bond acceptors (Lipinski definition) is 4. The summed E-state index contributed by atoms with van der Waals surface area (Å²) in [5.74, 6) is 0.372. The molecule has 2 heterocycles. The third-order valence-electron chi connectivity index (χ3n) is 6.28. The van der Waals surface area contributed by atoms with Crippen LogP contribution >= 0.6 is 0 Å². The molecule has 1 N–H and O–H groups in total. The monoisotopic (exact) mass is 423 g/mol. The summed E-state index contributed by atoms with van der Waals surface area (Å²) in [5, 5.41) is 3.11. The van der Waals surface area contributed by atoms with Gasteiger partial charge < -0.3 is 10.2 Å². The Bertz CT molecular complexity index is 1140. The van der Waals surface area contributed by atoms with Crippen LogP contribution in [0.5, 0.6) is 0 Å². The van der Waals surface area contributed by atoms with E-state index >= 15 is 0 Å². The van der Waals surface area contributed by atoms with Crippen LogP contribution in [0.2, 0.25) is 0 Å². The molecule has 1 saturated heterocycles. The van der Waals surface area contributed by atoms with Crippen molar-refractivity contribution in [3.63, 3.8) is 0 Å². The fourth-order valence-corrected chi connectivity index (χ4v) is 6.05. The minimum Gasteiger partial charge on any atom is -0.345 e. The van der Waals surface area contributed by atoms with Gasteiger partial charge in [0, 0.05) is 18.5 Å². The zero-order valence-corrected chi connectivity index (χ0v) is 17.6. The van der Waals surface area contributed by atoms with Crippen molar-refractivity contribution >= 4 is 27.5 Å². The first-order valence-corrected chi connectivity index (χ1v) is 12.1. The Labute approximate surface area is 177 Å². The van der Waals surface area contributed by atoms with E-state index < -0.39 is 10.0 Å². The van der Waals surface area contributed by atoms with E-state index in [0.29, 0.717) is 23.5 Å². The molecule has 0 saturated carbocycles. The second-order valence-corrected chi connectivity index (χ2v) is 9.82. The van der Waals surface area contributed by atoms with Crippen molar-refractivity contribution in [3.05, 3.63) is 59.2 Å². The molecule has 1 amide bonds. The van der Waals surface area contributed by atoms with Crippen molar-refractivity contribution in [1.82, 2.24) is 5.32 Å². The number of nitrogens with zero attached hydrogens (tertiary/aromatic N) is 2. The third-order valence-corrected chi connectivity index (χ3v) is 7.62. The lowest BCUT2D eigenvalue weighted by Crippen LogP contribution is -2.36. The van der Waals surface area contributed by atoms with Gasteiger partial charge in [-0.1, -0.05) is 30.7 Å². The molecule has 0 aromatic heterocycles. The smallest absolute Gasteiger partial charge is 0.286 e. The number of amides is 1. The molecule has 3 aliphatic rings. The van der Waals surface area contributed by atoms with Crippen LogP contribution in [-0.4, -0.2) is 26.7 Å². The van der Waals surface area contributed by atoms with Gasteiger partial charge in [-0.3, -0.25) is 4.79 Å². The zero-order valence-electron chi connectivity index (χ0n) is 16.8. The van der Waals surface area contributed by atoms with Gasteiger partial charge in [0.25, 0.3) is 15.9 Å². The highest BCUT2D eigenvalue weighted by Crippen LogP contribution is 2.35. The number of nitrogens with one attached hydrogen (secondary N) is 1. The maximum atomic E-state index is 13.0. The van der Waals surface area contributed by atoms with Gasteiger partial charge in [0.2, 0.25) is 0 Å². The van der Waals surface area contributed by atoms with Crippen LogP contribution in [0.3, 0.4) is 0 Å². The number of amidine groups is 1. The number of sulfonamides is 1. The van der Waals surface area contributed by atoms with E-state index in [1.807, 2.05) is 17.0 Å². The molecule has 156 valence electrons. The molecule has 1 aliphatic carbocycles. The van der Waals surface area contributed by atoms with Crippen molar-refractivity contribution in [1.29, 1.82) is 0 Å². The van der Waals surface area contributed by atoms with Gasteiger partial charge in [-0.05, 0) is 61.4 Å². The van der Waals surface area contributed by atoms with Crippen LogP contribution < -0.4 is 10.2 Å². The van der Waals surface area contributed by atoms with Crippen LogP contribution in [0, 0.1) is 0 Å².